The number of nitrogens with two attached hydrogens (primary N) is 1. The molecule has 2 aromatic carbocycles. The molecule has 0 saturated carbocycles. The number of carbonyl (C=O) groups is 2. The first-order valence-electron chi connectivity index (χ1n) is 10.5. The minimum atomic E-state index is -0.174. The third-order valence-electron chi connectivity index (χ3n) is 5.67. The maximum atomic E-state index is 12.6. The van der Waals surface area contributed by atoms with Crippen LogP contribution >= 0.6 is 11.3 Å². The molecule has 160 valence electrons. The van der Waals surface area contributed by atoms with Crippen molar-refractivity contribution in [1.82, 2.24) is 9.88 Å². The molecule has 2 heterocycles. The monoisotopic (exact) mass is 434 g/mol. The molecule has 2 amide bonds. The summed E-state index contributed by atoms with van der Waals surface area (Å²) >= 11 is 1.38. The number of primary amides is 1. The summed E-state index contributed by atoms with van der Waals surface area (Å²) in [5, 5.41) is 3.78. The number of rotatable bonds is 7. The number of thiazole rings is 1. The lowest BCUT2D eigenvalue weighted by molar-refractivity contribution is -0.123. The molecule has 1 saturated heterocycles. The van der Waals surface area contributed by atoms with Crippen molar-refractivity contribution in [1.29, 1.82) is 0 Å². The first kappa shape index (κ1) is 21.2. The molecule has 1 fully saturated rings. The van der Waals surface area contributed by atoms with Gasteiger partial charge in [-0.15, -0.1) is 11.3 Å². The molecule has 7 heteroatoms. The minimum Gasteiger partial charge on any atom is -0.369 e. The topological polar surface area (TPSA) is 88.3 Å². The zero-order valence-corrected chi connectivity index (χ0v) is 18.1. The number of aromatic nitrogens is 1. The molecule has 0 spiro atoms. The van der Waals surface area contributed by atoms with Crippen LogP contribution in [0.25, 0.3) is 10.6 Å². The Morgan fingerprint density at radius 1 is 1.06 bits per heavy atom. The average molecular weight is 435 g/mol. The second kappa shape index (κ2) is 9.85. The van der Waals surface area contributed by atoms with Gasteiger partial charge in [0, 0.05) is 23.7 Å². The molecule has 0 radical (unpaired) electrons. The Kier molecular flexibility index (Phi) is 6.74. The number of nitrogens with zero attached hydrogens (tertiary/aromatic N) is 2. The maximum absolute atomic E-state index is 12.6. The highest BCUT2D eigenvalue weighted by atomic mass is 32.1. The highest BCUT2D eigenvalue weighted by Crippen LogP contribution is 2.25. The van der Waals surface area contributed by atoms with E-state index in [0.717, 1.165) is 55.2 Å². The molecule has 3 aromatic rings. The SMILES string of the molecule is NC(=O)C1CCN(CCc2ccc(NC(=O)c3cnc(-c4ccccc4)s3)cc2)CC1. The van der Waals surface area contributed by atoms with Crippen molar-refractivity contribution >= 4 is 28.8 Å². The standard InChI is InChI=1S/C24H26N4O2S/c25-22(29)18-11-14-28(15-12-18)13-10-17-6-8-20(9-7-17)27-23(30)21-16-26-24(31-21)19-4-2-1-3-5-19/h1-9,16,18H,10-15H2,(H2,25,29)(H,27,30). The molecular formula is C24H26N4O2S. The summed E-state index contributed by atoms with van der Waals surface area (Å²) in [5.41, 5.74) is 8.40. The molecule has 0 atom stereocenters. The number of likely N-dealkylation sites (tertiary alicyclic amines) is 1. The van der Waals surface area contributed by atoms with Crippen molar-refractivity contribution in [3.63, 3.8) is 0 Å². The molecular weight excluding hydrogens is 408 g/mol. The molecule has 1 aliphatic heterocycles. The van der Waals surface area contributed by atoms with Gasteiger partial charge in [-0.2, -0.15) is 0 Å². The van der Waals surface area contributed by atoms with Gasteiger partial charge in [0.2, 0.25) is 5.91 Å². The van der Waals surface area contributed by atoms with Gasteiger partial charge in [-0.1, -0.05) is 42.5 Å². The molecule has 1 aliphatic rings. The van der Waals surface area contributed by atoms with E-state index in [1.54, 1.807) is 6.20 Å². The zero-order valence-electron chi connectivity index (χ0n) is 17.3. The van der Waals surface area contributed by atoms with E-state index in [2.05, 4.69) is 15.2 Å². The van der Waals surface area contributed by atoms with E-state index in [9.17, 15) is 9.59 Å². The van der Waals surface area contributed by atoms with Crippen molar-refractivity contribution in [2.24, 2.45) is 11.7 Å². The third-order valence-corrected chi connectivity index (χ3v) is 6.71. The van der Waals surface area contributed by atoms with Gasteiger partial charge in [-0.3, -0.25) is 9.59 Å². The number of nitrogens with one attached hydrogen (secondary N) is 1. The molecule has 0 aliphatic carbocycles. The normalized spacial score (nSPS) is 15.0. The van der Waals surface area contributed by atoms with E-state index >= 15 is 0 Å². The maximum Gasteiger partial charge on any atom is 0.267 e. The molecule has 4 rings (SSSR count). The van der Waals surface area contributed by atoms with E-state index in [1.807, 2.05) is 54.6 Å². The van der Waals surface area contributed by atoms with E-state index in [0.29, 0.717) is 4.88 Å². The van der Waals surface area contributed by atoms with Gasteiger partial charge in [-0.25, -0.2) is 4.98 Å². The van der Waals surface area contributed by atoms with Gasteiger partial charge in [0.05, 0.1) is 6.20 Å². The van der Waals surface area contributed by atoms with Crippen LogP contribution in [0.5, 0.6) is 0 Å². The summed E-state index contributed by atoms with van der Waals surface area (Å²) in [7, 11) is 0. The molecule has 3 N–H and O–H groups in total. The quantitative estimate of drug-likeness (QED) is 0.592. The summed E-state index contributed by atoms with van der Waals surface area (Å²) < 4.78 is 0. The molecule has 31 heavy (non-hydrogen) atoms. The molecule has 0 bridgehead atoms. The highest BCUT2D eigenvalue weighted by Gasteiger charge is 2.22. The Morgan fingerprint density at radius 3 is 2.45 bits per heavy atom. The van der Waals surface area contributed by atoms with Gasteiger partial charge < -0.3 is 16.0 Å². The summed E-state index contributed by atoms with van der Waals surface area (Å²) in [6.07, 6.45) is 4.26. The molecule has 0 unspecified atom stereocenters. The van der Waals surface area contributed by atoms with Gasteiger partial charge in [0.25, 0.3) is 5.91 Å². The predicted octanol–water partition coefficient (Wildman–Crippen LogP) is 3.80. The fourth-order valence-corrected chi connectivity index (χ4v) is 4.59. The largest absolute Gasteiger partial charge is 0.369 e. The van der Waals surface area contributed by atoms with Gasteiger partial charge in [-0.05, 0) is 50.0 Å². The summed E-state index contributed by atoms with van der Waals surface area (Å²) in [5.74, 6) is -0.293. The number of hydrogen-bond donors (Lipinski definition) is 2. The van der Waals surface area contributed by atoms with Crippen LogP contribution in [0.2, 0.25) is 0 Å². The van der Waals surface area contributed by atoms with Crippen LogP contribution in [0.1, 0.15) is 28.1 Å². The number of piperidine rings is 1. The van der Waals surface area contributed by atoms with Crippen molar-refractivity contribution in [2.75, 3.05) is 25.0 Å². The van der Waals surface area contributed by atoms with E-state index in [4.69, 9.17) is 5.73 Å². The fourth-order valence-electron chi connectivity index (χ4n) is 3.77. The molecule has 1 aromatic heterocycles. The van der Waals surface area contributed by atoms with E-state index < -0.39 is 0 Å². The minimum absolute atomic E-state index is 0.0291. The Bertz CT molecular complexity index is 1030. The second-order valence-electron chi connectivity index (χ2n) is 7.82. The predicted molar refractivity (Wildman–Crippen MR) is 124 cm³/mol. The van der Waals surface area contributed by atoms with Crippen molar-refractivity contribution < 1.29 is 9.59 Å². The first-order valence-corrected chi connectivity index (χ1v) is 11.3. The van der Waals surface area contributed by atoms with Gasteiger partial charge >= 0.3 is 0 Å². The summed E-state index contributed by atoms with van der Waals surface area (Å²) in [4.78, 5) is 31.2. The van der Waals surface area contributed by atoms with Crippen molar-refractivity contribution in [3.05, 3.63) is 71.2 Å². The summed E-state index contributed by atoms with van der Waals surface area (Å²) in [6.45, 7) is 2.80. The number of amides is 2. The third kappa shape index (κ3) is 5.57. The number of hydrogen-bond acceptors (Lipinski definition) is 5. The van der Waals surface area contributed by atoms with Crippen molar-refractivity contribution in [3.8, 4) is 10.6 Å². The zero-order chi connectivity index (χ0) is 21.6. The Labute approximate surface area is 186 Å². The fraction of sp³-hybridized carbons (Fsp3) is 0.292. The lowest BCUT2D eigenvalue weighted by Gasteiger charge is -2.30. The van der Waals surface area contributed by atoms with Crippen LogP contribution in [-0.2, 0) is 11.2 Å². The first-order chi connectivity index (χ1) is 15.1. The van der Waals surface area contributed by atoms with E-state index in [-0.39, 0.29) is 17.7 Å². The lowest BCUT2D eigenvalue weighted by Crippen LogP contribution is -2.39. The number of anilines is 1. The van der Waals surface area contributed by atoms with Gasteiger partial charge in [0.15, 0.2) is 0 Å². The summed E-state index contributed by atoms with van der Waals surface area (Å²) in [6, 6.07) is 17.8. The Hall–Kier alpha value is -3.03. The van der Waals surface area contributed by atoms with Gasteiger partial charge in [0.1, 0.15) is 9.88 Å². The van der Waals surface area contributed by atoms with Crippen LogP contribution in [0, 0.1) is 5.92 Å². The van der Waals surface area contributed by atoms with Crippen LogP contribution in [0.15, 0.2) is 60.8 Å². The molecule has 6 nitrogen and oxygen atoms in total. The number of benzene rings is 2. The Balaban J connectivity index is 1.27. The van der Waals surface area contributed by atoms with Crippen LogP contribution in [-0.4, -0.2) is 41.3 Å². The highest BCUT2D eigenvalue weighted by molar-refractivity contribution is 7.17. The van der Waals surface area contributed by atoms with Crippen LogP contribution in [0.3, 0.4) is 0 Å². The van der Waals surface area contributed by atoms with Crippen LogP contribution in [0.4, 0.5) is 5.69 Å². The Morgan fingerprint density at radius 2 is 1.77 bits per heavy atom. The number of carbonyl (C=O) groups excluding carboxylic acids is 2. The smallest absolute Gasteiger partial charge is 0.267 e. The van der Waals surface area contributed by atoms with Crippen LogP contribution < -0.4 is 11.1 Å². The van der Waals surface area contributed by atoms with E-state index in [1.165, 1.54) is 16.9 Å². The average Bonchev–Trinajstić information content (AvgIpc) is 3.30. The second-order valence-corrected chi connectivity index (χ2v) is 8.85. The van der Waals surface area contributed by atoms with Crippen molar-refractivity contribution in [2.45, 2.75) is 19.3 Å². The lowest BCUT2D eigenvalue weighted by atomic mass is 9.96.